The number of hydrogen-bond acceptors (Lipinski definition) is 5. The Labute approximate surface area is 287 Å². The first-order valence-electron chi connectivity index (χ1n) is 15.3. The number of sulfonamides is 1. The molecule has 0 aliphatic heterocycles. The van der Waals surface area contributed by atoms with E-state index in [0.717, 1.165) is 28.3 Å². The van der Waals surface area contributed by atoms with Gasteiger partial charge in [-0.2, -0.15) is 0 Å². The Balaban J connectivity index is 1.82. The summed E-state index contributed by atoms with van der Waals surface area (Å²) in [7, 11) is -2.74. The molecule has 0 aliphatic rings. The van der Waals surface area contributed by atoms with Gasteiger partial charge in [0.1, 0.15) is 18.3 Å². The molecule has 4 rings (SSSR count). The van der Waals surface area contributed by atoms with Crippen LogP contribution in [-0.4, -0.2) is 51.4 Å². The van der Waals surface area contributed by atoms with Gasteiger partial charge < -0.3 is 15.0 Å². The van der Waals surface area contributed by atoms with Gasteiger partial charge in [-0.15, -0.1) is 0 Å². The highest BCUT2D eigenvalue weighted by molar-refractivity contribution is 7.92. The van der Waals surface area contributed by atoms with Gasteiger partial charge in [0.05, 0.1) is 17.7 Å². The monoisotopic (exact) mass is 695 g/mol. The van der Waals surface area contributed by atoms with Crippen LogP contribution in [-0.2, 0) is 32.6 Å². The van der Waals surface area contributed by atoms with Crippen LogP contribution in [0.2, 0.25) is 10.0 Å². The summed E-state index contributed by atoms with van der Waals surface area (Å²) < 4.78 is 34.8. The van der Waals surface area contributed by atoms with Gasteiger partial charge in [0, 0.05) is 29.6 Å². The smallest absolute Gasteiger partial charge is 0.264 e. The largest absolute Gasteiger partial charge is 0.497 e. The molecule has 248 valence electrons. The summed E-state index contributed by atoms with van der Waals surface area (Å²) in [5, 5.41) is 3.39. The molecule has 0 saturated carbocycles. The minimum absolute atomic E-state index is 0.00973. The molecular weight excluding hydrogens is 657 g/mol. The van der Waals surface area contributed by atoms with Crippen molar-refractivity contribution in [1.82, 2.24) is 10.2 Å². The molecular formula is C36H39Cl2N3O5S. The SMILES string of the molecule is CCCCNC(=O)[C@@H](Cc1ccccc1)N(Cc1cccc(OC)c1)C(=O)CN(c1cc(Cl)cc(Cl)c1)S(=O)(=O)c1ccc(C)cc1. The molecule has 2 amide bonds. The van der Waals surface area contributed by atoms with Gasteiger partial charge in [0.2, 0.25) is 11.8 Å². The predicted molar refractivity (Wildman–Crippen MR) is 188 cm³/mol. The minimum atomic E-state index is -4.29. The van der Waals surface area contributed by atoms with Crippen molar-refractivity contribution in [3.05, 3.63) is 124 Å². The molecule has 0 unspecified atom stereocenters. The molecule has 0 saturated heterocycles. The number of hydrogen-bond donors (Lipinski definition) is 1. The van der Waals surface area contributed by atoms with Gasteiger partial charge in [-0.25, -0.2) is 8.42 Å². The summed E-state index contributed by atoms with van der Waals surface area (Å²) in [6.07, 6.45) is 1.86. The standard InChI is InChI=1S/C36H39Cl2N3O5S/c1-4-5-18-39-36(43)34(20-27-10-7-6-8-11-27)40(24-28-12-9-13-32(19-28)46-3)35(42)25-41(31-22-29(37)21-30(38)23-31)47(44,45)33-16-14-26(2)15-17-33/h6-17,19,21-23,34H,4-5,18,20,24-25H2,1-3H3,(H,39,43)/t34-/m1/s1. The third-order valence-electron chi connectivity index (χ3n) is 7.61. The zero-order chi connectivity index (χ0) is 34.0. The number of ether oxygens (including phenoxy) is 1. The van der Waals surface area contributed by atoms with E-state index in [1.165, 1.54) is 35.2 Å². The highest BCUT2D eigenvalue weighted by Gasteiger charge is 2.35. The topological polar surface area (TPSA) is 96.0 Å². The van der Waals surface area contributed by atoms with E-state index in [9.17, 15) is 18.0 Å². The Morgan fingerprint density at radius 3 is 2.17 bits per heavy atom. The molecule has 0 fully saturated rings. The maximum absolute atomic E-state index is 14.6. The predicted octanol–water partition coefficient (Wildman–Crippen LogP) is 7.06. The van der Waals surface area contributed by atoms with Gasteiger partial charge in [0.25, 0.3) is 10.0 Å². The van der Waals surface area contributed by atoms with E-state index in [0.29, 0.717) is 17.9 Å². The molecule has 0 aliphatic carbocycles. The number of benzene rings is 4. The van der Waals surface area contributed by atoms with Crippen LogP contribution in [0.5, 0.6) is 5.75 Å². The van der Waals surface area contributed by atoms with Crippen molar-refractivity contribution in [3.8, 4) is 5.75 Å². The number of unbranched alkanes of at least 4 members (excludes halogenated alkanes) is 1. The molecule has 1 atom stereocenters. The molecule has 0 aromatic heterocycles. The molecule has 0 heterocycles. The summed E-state index contributed by atoms with van der Waals surface area (Å²) >= 11 is 12.6. The molecule has 8 nitrogen and oxygen atoms in total. The summed E-state index contributed by atoms with van der Waals surface area (Å²) in [6, 6.07) is 26.3. The third-order valence-corrected chi connectivity index (χ3v) is 9.84. The third kappa shape index (κ3) is 9.73. The van der Waals surface area contributed by atoms with Crippen LogP contribution in [0.25, 0.3) is 0 Å². The number of methoxy groups -OCH3 is 1. The van der Waals surface area contributed by atoms with Crippen LogP contribution in [0.1, 0.15) is 36.5 Å². The lowest BCUT2D eigenvalue weighted by Crippen LogP contribution is -2.53. The Morgan fingerprint density at radius 2 is 1.53 bits per heavy atom. The summed E-state index contributed by atoms with van der Waals surface area (Å²) in [5.74, 6) is -0.345. The molecule has 1 N–H and O–H groups in total. The molecule has 0 bridgehead atoms. The summed E-state index contributed by atoms with van der Waals surface area (Å²) in [5.41, 5.74) is 2.54. The zero-order valence-electron chi connectivity index (χ0n) is 26.7. The number of rotatable bonds is 15. The molecule has 11 heteroatoms. The highest BCUT2D eigenvalue weighted by atomic mass is 35.5. The van der Waals surface area contributed by atoms with Crippen LogP contribution in [0, 0.1) is 6.92 Å². The average Bonchev–Trinajstić information content (AvgIpc) is 3.05. The zero-order valence-corrected chi connectivity index (χ0v) is 29.0. The Morgan fingerprint density at radius 1 is 0.872 bits per heavy atom. The number of carbonyl (C=O) groups is 2. The first-order valence-corrected chi connectivity index (χ1v) is 17.5. The van der Waals surface area contributed by atoms with Crippen LogP contribution < -0.4 is 14.4 Å². The van der Waals surface area contributed by atoms with Gasteiger partial charge in [-0.05, 0) is 66.9 Å². The summed E-state index contributed by atoms with van der Waals surface area (Å²) in [6.45, 7) is 3.71. The second-order valence-corrected chi connectivity index (χ2v) is 13.9. The van der Waals surface area contributed by atoms with Gasteiger partial charge >= 0.3 is 0 Å². The summed E-state index contributed by atoms with van der Waals surface area (Å²) in [4.78, 5) is 29.9. The number of carbonyl (C=O) groups excluding carboxylic acids is 2. The Hall–Kier alpha value is -4.05. The number of nitrogens with one attached hydrogen (secondary N) is 1. The molecule has 47 heavy (non-hydrogen) atoms. The van der Waals surface area contributed by atoms with Crippen LogP contribution in [0.4, 0.5) is 5.69 Å². The van der Waals surface area contributed by atoms with Gasteiger partial charge in [-0.3, -0.25) is 13.9 Å². The molecule has 4 aromatic rings. The quantitative estimate of drug-likeness (QED) is 0.134. The Kier molecular flexibility index (Phi) is 12.7. The molecule has 0 radical (unpaired) electrons. The van der Waals surface area contributed by atoms with E-state index in [1.54, 1.807) is 37.4 Å². The van der Waals surface area contributed by atoms with Crippen molar-refractivity contribution in [2.45, 2.75) is 50.6 Å². The van der Waals surface area contributed by atoms with E-state index in [1.807, 2.05) is 50.2 Å². The first kappa shape index (κ1) is 35.8. The second kappa shape index (κ2) is 16.7. The van der Waals surface area contributed by atoms with Gasteiger partial charge in [0.15, 0.2) is 0 Å². The van der Waals surface area contributed by atoms with Crippen molar-refractivity contribution < 1.29 is 22.7 Å². The van der Waals surface area contributed by atoms with E-state index >= 15 is 0 Å². The van der Waals surface area contributed by atoms with Crippen molar-refractivity contribution in [2.24, 2.45) is 0 Å². The number of halogens is 2. The van der Waals surface area contributed by atoms with Crippen molar-refractivity contribution in [3.63, 3.8) is 0 Å². The minimum Gasteiger partial charge on any atom is -0.497 e. The maximum Gasteiger partial charge on any atom is 0.264 e. The van der Waals surface area contributed by atoms with Crippen LogP contribution in [0.3, 0.4) is 0 Å². The average molecular weight is 697 g/mol. The van der Waals surface area contributed by atoms with Crippen LogP contribution in [0.15, 0.2) is 102 Å². The van der Waals surface area contributed by atoms with Crippen molar-refractivity contribution >= 4 is 50.7 Å². The van der Waals surface area contributed by atoms with Crippen LogP contribution >= 0.6 is 23.2 Å². The van der Waals surface area contributed by atoms with Crippen molar-refractivity contribution in [1.29, 1.82) is 0 Å². The van der Waals surface area contributed by atoms with E-state index in [2.05, 4.69) is 5.32 Å². The fourth-order valence-electron chi connectivity index (χ4n) is 5.08. The maximum atomic E-state index is 14.6. The second-order valence-electron chi connectivity index (χ2n) is 11.2. The Bertz CT molecular complexity index is 1750. The fourth-order valence-corrected chi connectivity index (χ4v) is 6.99. The van der Waals surface area contributed by atoms with Gasteiger partial charge in [-0.1, -0.05) is 96.7 Å². The normalized spacial score (nSPS) is 11.9. The molecule has 0 spiro atoms. The lowest BCUT2D eigenvalue weighted by atomic mass is 10.0. The fraction of sp³-hybridized carbons (Fsp3) is 0.278. The van der Waals surface area contributed by atoms with Crippen molar-refractivity contribution in [2.75, 3.05) is 24.5 Å². The number of aryl methyl sites for hydroxylation is 1. The molecule has 4 aromatic carbocycles. The van der Waals surface area contributed by atoms with E-state index in [4.69, 9.17) is 27.9 Å². The van der Waals surface area contributed by atoms with E-state index in [-0.39, 0.29) is 39.5 Å². The van der Waals surface area contributed by atoms with E-state index < -0.39 is 28.5 Å². The first-order chi connectivity index (χ1) is 22.5. The number of amides is 2. The highest BCUT2D eigenvalue weighted by Crippen LogP contribution is 2.30. The lowest BCUT2D eigenvalue weighted by Gasteiger charge is -2.34. The lowest BCUT2D eigenvalue weighted by molar-refractivity contribution is -0.140. The number of nitrogens with zero attached hydrogens (tertiary/aromatic N) is 2. The number of anilines is 1.